The van der Waals surface area contributed by atoms with E-state index in [2.05, 4.69) is 39.0 Å². The average Bonchev–Trinajstić information content (AvgIpc) is 2.52. The van der Waals surface area contributed by atoms with Crippen LogP contribution in [0.2, 0.25) is 0 Å². The molecule has 1 aromatic carbocycles. The molecule has 2 rings (SSSR count). The molecule has 0 bridgehead atoms. The maximum Gasteiger partial charge on any atom is 0.119 e. The highest BCUT2D eigenvalue weighted by Crippen LogP contribution is 2.38. The van der Waals surface area contributed by atoms with Crippen LogP contribution in [0.15, 0.2) is 23.8 Å². The normalized spacial score (nSPS) is 14.7. The van der Waals surface area contributed by atoms with Crippen LogP contribution >= 0.6 is 0 Å². The largest absolute Gasteiger partial charge is 0.497 e. The van der Waals surface area contributed by atoms with Crippen LogP contribution in [0, 0.1) is 5.92 Å². The molecule has 0 aromatic heterocycles. The highest BCUT2D eigenvalue weighted by Gasteiger charge is 2.21. The van der Waals surface area contributed by atoms with E-state index in [9.17, 15) is 0 Å². The molecule has 0 radical (unpaired) electrons. The van der Waals surface area contributed by atoms with Crippen LogP contribution in [0.3, 0.4) is 0 Å². The summed E-state index contributed by atoms with van der Waals surface area (Å²) in [4.78, 5) is 0. The van der Waals surface area contributed by atoms with E-state index in [0.29, 0.717) is 5.92 Å². The van der Waals surface area contributed by atoms with Gasteiger partial charge in [-0.15, -0.1) is 0 Å². The lowest BCUT2D eigenvalue weighted by atomic mass is 9.95. The lowest BCUT2D eigenvalue weighted by Gasteiger charge is -2.11. The zero-order valence-electron chi connectivity index (χ0n) is 9.92. The first-order valence-corrected chi connectivity index (χ1v) is 5.50. The molecule has 1 heteroatoms. The fraction of sp³-hybridized carbons (Fsp3) is 0.429. The molecule has 0 aliphatic heterocycles. The Morgan fingerprint density at radius 2 is 2.00 bits per heavy atom. The molecule has 1 nitrogen and oxygen atoms in total. The van der Waals surface area contributed by atoms with E-state index in [1.165, 1.54) is 22.3 Å². The highest BCUT2D eigenvalue weighted by atomic mass is 16.5. The molecule has 15 heavy (non-hydrogen) atoms. The Bertz CT molecular complexity index is 413. The van der Waals surface area contributed by atoms with Crippen molar-refractivity contribution in [2.45, 2.75) is 27.2 Å². The Kier molecular flexibility index (Phi) is 2.56. The number of rotatable bonds is 2. The van der Waals surface area contributed by atoms with Crippen LogP contribution in [-0.2, 0) is 6.42 Å². The quantitative estimate of drug-likeness (QED) is 0.710. The van der Waals surface area contributed by atoms with Crippen LogP contribution < -0.4 is 4.74 Å². The van der Waals surface area contributed by atoms with Gasteiger partial charge in [-0.3, -0.25) is 0 Å². The van der Waals surface area contributed by atoms with Gasteiger partial charge in [-0.2, -0.15) is 0 Å². The molecule has 0 saturated heterocycles. The monoisotopic (exact) mass is 202 g/mol. The number of fused-ring (bicyclic) bond motifs is 1. The Hall–Kier alpha value is -1.24. The van der Waals surface area contributed by atoms with Gasteiger partial charge < -0.3 is 4.74 Å². The van der Waals surface area contributed by atoms with Crippen molar-refractivity contribution in [1.29, 1.82) is 0 Å². The van der Waals surface area contributed by atoms with Gasteiger partial charge in [-0.1, -0.05) is 25.5 Å². The number of hydrogen-bond donors (Lipinski definition) is 0. The second-order valence-corrected chi connectivity index (χ2v) is 4.55. The summed E-state index contributed by atoms with van der Waals surface area (Å²) in [7, 11) is 1.72. The molecule has 0 amide bonds. The van der Waals surface area contributed by atoms with Crippen molar-refractivity contribution in [3.05, 3.63) is 34.9 Å². The molecule has 0 heterocycles. The second-order valence-electron chi connectivity index (χ2n) is 4.55. The van der Waals surface area contributed by atoms with E-state index >= 15 is 0 Å². The van der Waals surface area contributed by atoms with Crippen LogP contribution in [0.1, 0.15) is 31.9 Å². The number of benzene rings is 1. The average molecular weight is 202 g/mol. The van der Waals surface area contributed by atoms with Gasteiger partial charge in [0.05, 0.1) is 7.11 Å². The summed E-state index contributed by atoms with van der Waals surface area (Å²) in [6.45, 7) is 6.76. The second kappa shape index (κ2) is 3.73. The predicted octanol–water partition coefficient (Wildman–Crippen LogP) is 3.68. The van der Waals surface area contributed by atoms with Crippen molar-refractivity contribution in [3.8, 4) is 5.75 Å². The Morgan fingerprint density at radius 1 is 1.27 bits per heavy atom. The summed E-state index contributed by atoms with van der Waals surface area (Å²) < 4.78 is 5.25. The minimum atomic E-state index is 0.611. The fourth-order valence-corrected chi connectivity index (χ4v) is 2.52. The summed E-state index contributed by atoms with van der Waals surface area (Å²) >= 11 is 0. The third kappa shape index (κ3) is 1.67. The van der Waals surface area contributed by atoms with E-state index in [1.807, 2.05) is 0 Å². The molecule has 80 valence electrons. The SMILES string of the molecule is COc1ccc2c(c1)CC(C)=C2C(C)C. The van der Waals surface area contributed by atoms with Gasteiger partial charge in [0.1, 0.15) is 5.75 Å². The molecule has 1 aromatic rings. The summed E-state index contributed by atoms with van der Waals surface area (Å²) in [5.41, 5.74) is 5.86. The molecular formula is C14H18O. The summed E-state index contributed by atoms with van der Waals surface area (Å²) in [6, 6.07) is 6.41. The topological polar surface area (TPSA) is 9.23 Å². The first kappa shape index (κ1) is 10.3. The Labute approximate surface area is 91.8 Å². The van der Waals surface area contributed by atoms with Gasteiger partial charge in [-0.05, 0) is 48.1 Å². The standard InChI is InChI=1S/C14H18O/c1-9(2)14-10(3)7-11-8-12(15-4)5-6-13(11)14/h5-6,8-9H,7H2,1-4H3. The molecule has 0 fully saturated rings. The number of hydrogen-bond acceptors (Lipinski definition) is 1. The van der Waals surface area contributed by atoms with Gasteiger partial charge in [-0.25, -0.2) is 0 Å². The first-order chi connectivity index (χ1) is 7.13. The molecule has 1 aliphatic carbocycles. The van der Waals surface area contributed by atoms with Crippen molar-refractivity contribution >= 4 is 5.57 Å². The van der Waals surface area contributed by atoms with E-state index in [0.717, 1.165) is 12.2 Å². The number of methoxy groups -OCH3 is 1. The smallest absolute Gasteiger partial charge is 0.119 e. The van der Waals surface area contributed by atoms with E-state index in [1.54, 1.807) is 7.11 Å². The Morgan fingerprint density at radius 3 is 2.60 bits per heavy atom. The highest BCUT2D eigenvalue weighted by molar-refractivity contribution is 5.77. The molecule has 0 N–H and O–H groups in total. The van der Waals surface area contributed by atoms with Crippen molar-refractivity contribution in [2.24, 2.45) is 5.92 Å². The fourth-order valence-electron chi connectivity index (χ4n) is 2.52. The van der Waals surface area contributed by atoms with Gasteiger partial charge in [0, 0.05) is 0 Å². The van der Waals surface area contributed by atoms with Crippen LogP contribution in [0.5, 0.6) is 5.75 Å². The zero-order valence-corrected chi connectivity index (χ0v) is 9.92. The van der Waals surface area contributed by atoms with Crippen molar-refractivity contribution < 1.29 is 4.74 Å². The summed E-state index contributed by atoms with van der Waals surface area (Å²) in [5, 5.41) is 0. The van der Waals surface area contributed by atoms with Crippen molar-refractivity contribution in [1.82, 2.24) is 0 Å². The number of ether oxygens (including phenoxy) is 1. The van der Waals surface area contributed by atoms with Crippen LogP contribution in [0.4, 0.5) is 0 Å². The first-order valence-electron chi connectivity index (χ1n) is 5.50. The minimum absolute atomic E-state index is 0.611. The van der Waals surface area contributed by atoms with Crippen LogP contribution in [0.25, 0.3) is 5.57 Å². The third-order valence-corrected chi connectivity index (χ3v) is 3.10. The number of allylic oxidation sites excluding steroid dienone is 2. The van der Waals surface area contributed by atoms with Gasteiger partial charge in [0.25, 0.3) is 0 Å². The van der Waals surface area contributed by atoms with Gasteiger partial charge in [0.2, 0.25) is 0 Å². The molecule has 0 spiro atoms. The zero-order chi connectivity index (χ0) is 11.0. The van der Waals surface area contributed by atoms with E-state index in [-0.39, 0.29) is 0 Å². The summed E-state index contributed by atoms with van der Waals surface area (Å²) in [6.07, 6.45) is 1.08. The maximum absolute atomic E-state index is 5.25. The lowest BCUT2D eigenvalue weighted by Crippen LogP contribution is -1.93. The molecule has 0 atom stereocenters. The molecule has 1 aliphatic rings. The summed E-state index contributed by atoms with van der Waals surface area (Å²) in [5.74, 6) is 1.58. The molecule has 0 unspecified atom stereocenters. The van der Waals surface area contributed by atoms with Crippen molar-refractivity contribution in [2.75, 3.05) is 7.11 Å². The van der Waals surface area contributed by atoms with Crippen LogP contribution in [-0.4, -0.2) is 7.11 Å². The Balaban J connectivity index is 2.46. The third-order valence-electron chi connectivity index (χ3n) is 3.10. The van der Waals surface area contributed by atoms with E-state index < -0.39 is 0 Å². The van der Waals surface area contributed by atoms with E-state index in [4.69, 9.17) is 4.74 Å². The van der Waals surface area contributed by atoms with Crippen molar-refractivity contribution in [3.63, 3.8) is 0 Å². The lowest BCUT2D eigenvalue weighted by molar-refractivity contribution is 0.414. The molecule has 0 saturated carbocycles. The maximum atomic E-state index is 5.25. The minimum Gasteiger partial charge on any atom is -0.497 e. The predicted molar refractivity (Wildman–Crippen MR) is 64.1 cm³/mol. The molecular weight excluding hydrogens is 184 g/mol. The van der Waals surface area contributed by atoms with Gasteiger partial charge >= 0.3 is 0 Å². The van der Waals surface area contributed by atoms with Gasteiger partial charge in [0.15, 0.2) is 0 Å².